The molecule has 1 heterocycles. The first-order valence-electron chi connectivity index (χ1n) is 15.8. The summed E-state index contributed by atoms with van der Waals surface area (Å²) >= 11 is 0. The highest BCUT2D eigenvalue weighted by molar-refractivity contribution is 5.82. The topological polar surface area (TPSA) is 25.3 Å². The molecule has 1 aliphatic rings. The molecule has 2 heteroatoms. The third-order valence-corrected chi connectivity index (χ3v) is 7.96. The number of unbranched alkanes of at least 4 members (excludes halogenated alkanes) is 8. The van der Waals surface area contributed by atoms with Gasteiger partial charge in [-0.15, -0.1) is 0 Å². The Kier molecular flexibility index (Phi) is 13.0. The number of nitrogens with zero attached hydrogens (tertiary/aromatic N) is 2. The van der Waals surface area contributed by atoms with Crippen molar-refractivity contribution < 1.29 is 4.70 Å². The maximum atomic E-state index is 11.9. The highest BCUT2D eigenvalue weighted by Crippen LogP contribution is 2.44. The van der Waals surface area contributed by atoms with Crippen molar-refractivity contribution in [2.45, 2.75) is 130 Å². The van der Waals surface area contributed by atoms with Crippen LogP contribution in [0.4, 0.5) is 0 Å². The molecule has 0 saturated carbocycles. The monoisotopic (exact) mass is 512 g/mol. The Balaban J connectivity index is 2.03. The minimum Gasteiger partial charge on any atom is -0.493 e. The molecule has 3 rings (SSSR count). The number of benzene rings is 2. The lowest BCUT2D eigenvalue weighted by atomic mass is 9.91. The van der Waals surface area contributed by atoms with Crippen LogP contribution in [0.1, 0.15) is 140 Å². The molecule has 2 aromatic rings. The summed E-state index contributed by atoms with van der Waals surface area (Å²) < 4.78 is 1.56. The lowest BCUT2D eigenvalue weighted by molar-refractivity contribution is -0.345. The Labute approximate surface area is 233 Å². The van der Waals surface area contributed by atoms with Gasteiger partial charge in [0.15, 0.2) is 0 Å². The van der Waals surface area contributed by atoms with Crippen molar-refractivity contribution in [1.82, 2.24) is 0 Å². The van der Waals surface area contributed by atoms with Crippen LogP contribution in [-0.4, -0.2) is 4.70 Å². The van der Waals surface area contributed by atoms with Crippen LogP contribution < -0.4 is 0 Å². The van der Waals surface area contributed by atoms with E-state index in [1.165, 1.54) is 86.5 Å². The standard InChI is InChI=1S/C36H52N2/c1-5-9-13-14-15-16-26-34-33(25-12-8-4)35(31-23-17-21-29(27-31)19-10-6-2)38(37)36(34)32-24-18-22-30(28-32)20-11-7-3/h17-18,21-24,27-28H,5-16,19-20,25-26H2,1-4H3. The van der Waals surface area contributed by atoms with Crippen molar-refractivity contribution in [2.24, 2.45) is 0 Å². The van der Waals surface area contributed by atoms with Gasteiger partial charge in [0.2, 0.25) is 11.4 Å². The van der Waals surface area contributed by atoms with Gasteiger partial charge in [-0.3, -0.25) is 0 Å². The van der Waals surface area contributed by atoms with Crippen LogP contribution in [0.3, 0.4) is 0 Å². The van der Waals surface area contributed by atoms with Crippen LogP contribution >= 0.6 is 0 Å². The van der Waals surface area contributed by atoms with Gasteiger partial charge in [0, 0.05) is 22.3 Å². The molecule has 1 aliphatic heterocycles. The lowest BCUT2D eigenvalue weighted by Gasteiger charge is -2.11. The van der Waals surface area contributed by atoms with E-state index in [2.05, 4.69) is 76.2 Å². The third kappa shape index (κ3) is 8.26. The number of hydrogen-bond acceptors (Lipinski definition) is 0. The molecule has 0 fully saturated rings. The fourth-order valence-electron chi connectivity index (χ4n) is 5.73. The Bertz CT molecular complexity index is 1090. The number of aryl methyl sites for hydroxylation is 2. The molecule has 0 aromatic heterocycles. The first kappa shape index (κ1) is 30.1. The first-order valence-corrected chi connectivity index (χ1v) is 15.8. The third-order valence-electron chi connectivity index (χ3n) is 7.96. The summed E-state index contributed by atoms with van der Waals surface area (Å²) in [6.07, 6.45) is 19.1. The average Bonchev–Trinajstić information content (AvgIpc) is 3.22. The molecule has 0 saturated heterocycles. The van der Waals surface area contributed by atoms with Crippen molar-refractivity contribution in [3.8, 4) is 0 Å². The maximum absolute atomic E-state index is 11.9. The summed E-state index contributed by atoms with van der Waals surface area (Å²) in [6.45, 7) is 9.05. The maximum Gasteiger partial charge on any atom is 0.211 e. The van der Waals surface area contributed by atoms with Crippen molar-refractivity contribution in [2.75, 3.05) is 0 Å². The zero-order chi connectivity index (χ0) is 27.2. The minimum atomic E-state index is 1.02. The second-order valence-electron chi connectivity index (χ2n) is 11.2. The molecule has 2 nitrogen and oxygen atoms in total. The zero-order valence-corrected chi connectivity index (χ0v) is 24.8. The summed E-state index contributed by atoms with van der Waals surface area (Å²) in [5, 5.41) is 0. The summed E-state index contributed by atoms with van der Waals surface area (Å²) in [7, 11) is 0. The molecule has 0 aliphatic carbocycles. The highest BCUT2D eigenvalue weighted by atomic mass is 15.2. The van der Waals surface area contributed by atoms with E-state index in [9.17, 15) is 5.53 Å². The van der Waals surface area contributed by atoms with Crippen molar-refractivity contribution in [3.63, 3.8) is 0 Å². The molecule has 0 N–H and O–H groups in total. The van der Waals surface area contributed by atoms with E-state index < -0.39 is 0 Å². The first-order chi connectivity index (χ1) is 18.6. The van der Waals surface area contributed by atoms with Crippen LogP contribution in [0, 0.1) is 0 Å². The molecule has 0 atom stereocenters. The molecule has 0 amide bonds. The van der Waals surface area contributed by atoms with Gasteiger partial charge in [-0.2, -0.15) is 0 Å². The fraction of sp³-hybridized carbons (Fsp3) is 0.556. The molecule has 0 bridgehead atoms. The van der Waals surface area contributed by atoms with Gasteiger partial charge in [0.25, 0.3) is 0 Å². The van der Waals surface area contributed by atoms with Crippen molar-refractivity contribution >= 4 is 11.4 Å². The lowest BCUT2D eigenvalue weighted by Crippen LogP contribution is -2.03. The van der Waals surface area contributed by atoms with E-state index in [4.69, 9.17) is 0 Å². The molecule has 206 valence electrons. The van der Waals surface area contributed by atoms with Crippen molar-refractivity contribution in [3.05, 3.63) is 87.5 Å². The second kappa shape index (κ2) is 16.5. The van der Waals surface area contributed by atoms with Gasteiger partial charge in [-0.1, -0.05) is 103 Å². The van der Waals surface area contributed by atoms with Crippen LogP contribution in [0.15, 0.2) is 59.7 Å². The summed E-state index contributed by atoms with van der Waals surface area (Å²) in [6, 6.07) is 17.9. The fourth-order valence-corrected chi connectivity index (χ4v) is 5.73. The van der Waals surface area contributed by atoms with Gasteiger partial charge >= 0.3 is 0 Å². The number of hydrogen-bond donors (Lipinski definition) is 0. The van der Waals surface area contributed by atoms with E-state index in [0.29, 0.717) is 0 Å². The number of allylic oxidation sites excluding steroid dienone is 2. The van der Waals surface area contributed by atoms with Gasteiger partial charge < -0.3 is 5.53 Å². The molecule has 0 unspecified atom stereocenters. The molecule has 38 heavy (non-hydrogen) atoms. The Morgan fingerprint density at radius 2 is 0.921 bits per heavy atom. The van der Waals surface area contributed by atoms with E-state index >= 15 is 0 Å². The van der Waals surface area contributed by atoms with Crippen LogP contribution in [-0.2, 0) is 12.8 Å². The van der Waals surface area contributed by atoms with Crippen LogP contribution in [0.5, 0.6) is 0 Å². The molecule has 2 aromatic carbocycles. The minimum absolute atomic E-state index is 1.02. The molecular formula is C36H52N2. The van der Waals surface area contributed by atoms with Crippen molar-refractivity contribution in [1.29, 1.82) is 0 Å². The molecule has 0 spiro atoms. The zero-order valence-electron chi connectivity index (χ0n) is 24.8. The summed E-state index contributed by atoms with van der Waals surface area (Å²) in [5.41, 5.74) is 21.8. The van der Waals surface area contributed by atoms with Crippen LogP contribution in [0.25, 0.3) is 16.9 Å². The smallest absolute Gasteiger partial charge is 0.211 e. The Morgan fingerprint density at radius 1 is 0.500 bits per heavy atom. The predicted octanol–water partition coefficient (Wildman–Crippen LogP) is 11.5. The van der Waals surface area contributed by atoms with Gasteiger partial charge in [0.1, 0.15) is 0 Å². The quantitative estimate of drug-likeness (QED) is 0.140. The summed E-state index contributed by atoms with van der Waals surface area (Å²) in [5.74, 6) is 0. The van der Waals surface area contributed by atoms with E-state index in [1.807, 2.05) is 0 Å². The van der Waals surface area contributed by atoms with E-state index in [1.54, 1.807) is 4.70 Å². The Morgan fingerprint density at radius 3 is 1.42 bits per heavy atom. The predicted molar refractivity (Wildman–Crippen MR) is 165 cm³/mol. The van der Waals surface area contributed by atoms with Crippen LogP contribution in [0.2, 0.25) is 0 Å². The molecule has 0 radical (unpaired) electrons. The summed E-state index contributed by atoms with van der Waals surface area (Å²) in [4.78, 5) is 0. The normalized spacial score (nSPS) is 13.7. The SMILES string of the molecule is CCCCCCCCC1=C(c2cccc(CCCC)c2)[N+](=[N-])C(c2cccc(CCCC)c2)=C1CCCC. The molecular weight excluding hydrogens is 460 g/mol. The highest BCUT2D eigenvalue weighted by Gasteiger charge is 2.35. The van der Waals surface area contributed by atoms with Gasteiger partial charge in [-0.05, 0) is 86.8 Å². The average molecular weight is 513 g/mol. The Hall–Kier alpha value is -2.48. The van der Waals surface area contributed by atoms with Gasteiger partial charge in [0.05, 0.1) is 0 Å². The van der Waals surface area contributed by atoms with E-state index in [-0.39, 0.29) is 0 Å². The second-order valence-corrected chi connectivity index (χ2v) is 11.2. The number of rotatable bonds is 18. The van der Waals surface area contributed by atoms with E-state index in [0.717, 1.165) is 61.0 Å². The van der Waals surface area contributed by atoms with Gasteiger partial charge in [-0.25, -0.2) is 4.70 Å². The largest absolute Gasteiger partial charge is 0.493 e.